The number of halogens is 1. The number of rotatable bonds is 4. The molecular weight excluding hydrogens is 356 g/mol. The normalized spacial score (nSPS) is 13.9. The fraction of sp³-hybridized carbons (Fsp3) is 0.263. The average molecular weight is 373 g/mol. The van der Waals surface area contributed by atoms with Crippen molar-refractivity contribution in [3.63, 3.8) is 0 Å². The Balaban J connectivity index is 1.42. The summed E-state index contributed by atoms with van der Waals surface area (Å²) in [5, 5.41) is 1.18. The Hall–Kier alpha value is -2.11. The zero-order chi connectivity index (χ0) is 17.4. The molecule has 0 aliphatic carbocycles. The van der Waals surface area contributed by atoms with Gasteiger partial charge in [-0.25, -0.2) is 0 Å². The molecule has 3 heterocycles. The van der Waals surface area contributed by atoms with Crippen LogP contribution in [-0.4, -0.2) is 28.1 Å². The van der Waals surface area contributed by atoms with Gasteiger partial charge in [0.15, 0.2) is 5.78 Å². The Kier molecular flexibility index (Phi) is 4.36. The Morgan fingerprint density at radius 1 is 1.16 bits per heavy atom. The second-order valence-electron chi connectivity index (χ2n) is 6.22. The summed E-state index contributed by atoms with van der Waals surface area (Å²) >= 11 is 7.13. The third-order valence-electron chi connectivity index (χ3n) is 4.65. The maximum Gasteiger partial charge on any atom is 0.223 e. The third-order valence-corrected chi connectivity index (χ3v) is 5.92. The van der Waals surface area contributed by atoms with E-state index in [9.17, 15) is 9.59 Å². The van der Waals surface area contributed by atoms with E-state index >= 15 is 0 Å². The van der Waals surface area contributed by atoms with E-state index < -0.39 is 0 Å². The van der Waals surface area contributed by atoms with E-state index in [1.165, 1.54) is 28.0 Å². The molecule has 0 saturated carbocycles. The number of benzene rings is 1. The highest BCUT2D eigenvalue weighted by molar-refractivity contribution is 7.18. The summed E-state index contributed by atoms with van der Waals surface area (Å²) in [4.78, 5) is 30.6. The lowest BCUT2D eigenvalue weighted by atomic mass is 10.0. The predicted octanol–water partition coefficient (Wildman–Crippen LogP) is 4.43. The molecule has 1 N–H and O–H groups in total. The Morgan fingerprint density at radius 3 is 2.80 bits per heavy atom. The highest BCUT2D eigenvalue weighted by Gasteiger charge is 2.24. The highest BCUT2D eigenvalue weighted by atomic mass is 35.5. The molecule has 0 atom stereocenters. The van der Waals surface area contributed by atoms with Crippen LogP contribution in [0, 0.1) is 0 Å². The average Bonchev–Trinajstić information content (AvgIpc) is 3.22. The quantitative estimate of drug-likeness (QED) is 0.689. The van der Waals surface area contributed by atoms with Crippen LogP contribution in [0.3, 0.4) is 0 Å². The van der Waals surface area contributed by atoms with Crippen LogP contribution < -0.4 is 0 Å². The van der Waals surface area contributed by atoms with Gasteiger partial charge in [-0.3, -0.25) is 9.59 Å². The Labute approximate surface area is 154 Å². The predicted molar refractivity (Wildman–Crippen MR) is 100 cm³/mol. The van der Waals surface area contributed by atoms with Crippen molar-refractivity contribution in [1.29, 1.82) is 0 Å². The fourth-order valence-corrected chi connectivity index (χ4v) is 4.36. The lowest BCUT2D eigenvalue weighted by Gasteiger charge is -2.27. The molecule has 0 bridgehead atoms. The van der Waals surface area contributed by atoms with E-state index in [0.29, 0.717) is 22.3 Å². The van der Waals surface area contributed by atoms with Gasteiger partial charge in [0.25, 0.3) is 0 Å². The summed E-state index contributed by atoms with van der Waals surface area (Å²) in [6.07, 6.45) is 1.29. The van der Waals surface area contributed by atoms with Gasteiger partial charge in [-0.15, -0.1) is 11.3 Å². The monoisotopic (exact) mass is 372 g/mol. The van der Waals surface area contributed by atoms with E-state index in [2.05, 4.69) is 17.1 Å². The maximum absolute atomic E-state index is 12.5. The van der Waals surface area contributed by atoms with Crippen LogP contribution in [0.1, 0.15) is 33.8 Å². The van der Waals surface area contributed by atoms with Crippen molar-refractivity contribution in [3.8, 4) is 0 Å². The molecular formula is C19H17ClN2O2S. The van der Waals surface area contributed by atoms with E-state index in [1.54, 1.807) is 12.1 Å². The highest BCUT2D eigenvalue weighted by Crippen LogP contribution is 2.28. The van der Waals surface area contributed by atoms with Gasteiger partial charge in [0.1, 0.15) is 0 Å². The van der Waals surface area contributed by atoms with E-state index in [4.69, 9.17) is 11.6 Å². The van der Waals surface area contributed by atoms with Crippen molar-refractivity contribution >= 4 is 45.5 Å². The summed E-state index contributed by atoms with van der Waals surface area (Å²) in [5.41, 5.74) is 3.53. The number of hydrogen-bond donors (Lipinski definition) is 1. The number of carbonyl (C=O) groups is 2. The molecule has 128 valence electrons. The molecule has 4 rings (SSSR count). The number of aromatic nitrogens is 1. The maximum atomic E-state index is 12.5. The van der Waals surface area contributed by atoms with Crippen molar-refractivity contribution in [2.45, 2.75) is 25.8 Å². The number of amides is 1. The van der Waals surface area contributed by atoms with Crippen molar-refractivity contribution in [1.82, 2.24) is 9.88 Å². The Morgan fingerprint density at radius 2 is 2.00 bits per heavy atom. The van der Waals surface area contributed by atoms with Crippen LogP contribution in [0.15, 0.2) is 36.4 Å². The van der Waals surface area contributed by atoms with Crippen LogP contribution in [-0.2, 0) is 17.8 Å². The lowest BCUT2D eigenvalue weighted by molar-refractivity contribution is -0.132. The van der Waals surface area contributed by atoms with Crippen molar-refractivity contribution in [2.75, 3.05) is 6.54 Å². The second-order valence-corrected chi connectivity index (χ2v) is 7.94. The number of nitrogens with zero attached hydrogens (tertiary/aromatic N) is 1. The van der Waals surface area contributed by atoms with Crippen LogP contribution in [0.25, 0.3) is 10.9 Å². The fourth-order valence-electron chi connectivity index (χ4n) is 3.35. The van der Waals surface area contributed by atoms with Gasteiger partial charge in [-0.1, -0.05) is 29.8 Å². The minimum absolute atomic E-state index is 0.0185. The first-order chi connectivity index (χ1) is 12.1. The number of H-pyrrole nitrogens is 1. The van der Waals surface area contributed by atoms with E-state index in [-0.39, 0.29) is 24.5 Å². The van der Waals surface area contributed by atoms with Crippen LogP contribution in [0.2, 0.25) is 4.34 Å². The van der Waals surface area contributed by atoms with Gasteiger partial charge in [0, 0.05) is 54.5 Å². The SMILES string of the molecule is O=C(CCC(=O)N1CCc2[nH]c3ccccc3c2C1)c1ccc(Cl)s1. The zero-order valence-corrected chi connectivity index (χ0v) is 15.1. The van der Waals surface area contributed by atoms with Gasteiger partial charge in [0.2, 0.25) is 5.91 Å². The number of carbonyl (C=O) groups excluding carboxylic acids is 2. The smallest absolute Gasteiger partial charge is 0.223 e. The van der Waals surface area contributed by atoms with E-state index in [0.717, 1.165) is 11.9 Å². The molecule has 1 aliphatic rings. The first kappa shape index (κ1) is 16.4. The summed E-state index contributed by atoms with van der Waals surface area (Å²) in [6, 6.07) is 11.6. The van der Waals surface area contributed by atoms with Gasteiger partial charge >= 0.3 is 0 Å². The van der Waals surface area contributed by atoms with Gasteiger partial charge < -0.3 is 9.88 Å². The molecule has 2 aromatic heterocycles. The third kappa shape index (κ3) is 3.22. The molecule has 0 radical (unpaired) electrons. The summed E-state index contributed by atoms with van der Waals surface area (Å²) in [7, 11) is 0. The zero-order valence-electron chi connectivity index (χ0n) is 13.5. The number of ketones is 1. The first-order valence-corrected chi connectivity index (χ1v) is 9.46. The molecule has 0 spiro atoms. The van der Waals surface area contributed by atoms with E-state index in [1.807, 2.05) is 17.0 Å². The standard InChI is InChI=1S/C19H17ClN2O2S/c20-18-7-6-17(25-18)16(23)5-8-19(24)22-10-9-15-13(11-22)12-3-1-2-4-14(12)21-15/h1-4,6-7,21H,5,8-11H2. The largest absolute Gasteiger partial charge is 0.358 e. The van der Waals surface area contributed by atoms with Crippen LogP contribution in [0.5, 0.6) is 0 Å². The minimum atomic E-state index is -0.0185. The molecule has 4 nitrogen and oxygen atoms in total. The first-order valence-electron chi connectivity index (χ1n) is 8.26. The number of fused-ring (bicyclic) bond motifs is 3. The molecule has 1 amide bonds. The summed E-state index contributed by atoms with van der Waals surface area (Å²) in [5.74, 6) is 0.0157. The molecule has 1 aromatic carbocycles. The number of Topliss-reactive ketones (excluding diaryl/α,β-unsaturated/α-hetero) is 1. The van der Waals surface area contributed by atoms with Crippen LogP contribution in [0.4, 0.5) is 0 Å². The lowest BCUT2D eigenvalue weighted by Crippen LogP contribution is -2.35. The molecule has 0 unspecified atom stereocenters. The number of thiophene rings is 1. The van der Waals surface area contributed by atoms with Gasteiger partial charge in [-0.2, -0.15) is 0 Å². The molecule has 1 aliphatic heterocycles. The number of aromatic amines is 1. The second kappa shape index (κ2) is 6.65. The Bertz CT molecular complexity index is 959. The summed E-state index contributed by atoms with van der Waals surface area (Å²) in [6.45, 7) is 1.30. The number of hydrogen-bond acceptors (Lipinski definition) is 3. The van der Waals surface area contributed by atoms with Crippen LogP contribution >= 0.6 is 22.9 Å². The molecule has 0 saturated heterocycles. The van der Waals surface area contributed by atoms with Crippen molar-refractivity contribution < 1.29 is 9.59 Å². The molecule has 3 aromatic rings. The summed E-state index contributed by atoms with van der Waals surface area (Å²) < 4.78 is 0.595. The number of para-hydroxylation sites is 1. The van der Waals surface area contributed by atoms with Crippen molar-refractivity contribution in [3.05, 3.63) is 56.9 Å². The van der Waals surface area contributed by atoms with Gasteiger partial charge in [-0.05, 0) is 18.2 Å². The van der Waals surface area contributed by atoms with Crippen molar-refractivity contribution in [2.24, 2.45) is 0 Å². The number of nitrogens with one attached hydrogen (secondary N) is 1. The topological polar surface area (TPSA) is 53.2 Å². The van der Waals surface area contributed by atoms with Gasteiger partial charge in [0.05, 0.1) is 9.21 Å². The minimum Gasteiger partial charge on any atom is -0.358 e. The molecule has 6 heteroatoms. The molecule has 0 fully saturated rings. The molecule has 25 heavy (non-hydrogen) atoms.